The van der Waals surface area contributed by atoms with Crippen molar-refractivity contribution in [3.8, 4) is 0 Å². The topological polar surface area (TPSA) is 40.5 Å². The molecule has 0 saturated heterocycles. The molecule has 0 aromatic heterocycles. The molecule has 1 aromatic carbocycles. The Balaban J connectivity index is 2.10. The number of rotatable bonds is 0. The number of carbonyl (C=O) groups is 1. The molecule has 17 heavy (non-hydrogen) atoms. The Labute approximate surface area is 101 Å². The van der Waals surface area contributed by atoms with Gasteiger partial charge in [-0.2, -0.15) is 0 Å². The standard InChI is InChI=1S/C14H17NO2/c16-13(17)15-10-11-6-2-3-7-12(11)14(15)8-4-1-5-9-14/h2-3,6-7H,1,4-5,8-10H2,(H,16,17). The fourth-order valence-electron chi connectivity index (χ4n) is 3.51. The smallest absolute Gasteiger partial charge is 0.408 e. The van der Waals surface area contributed by atoms with Crippen LogP contribution in [-0.4, -0.2) is 16.1 Å². The molecule has 1 aliphatic heterocycles. The average Bonchev–Trinajstić information content (AvgIpc) is 2.66. The molecule has 1 heterocycles. The van der Waals surface area contributed by atoms with E-state index in [9.17, 15) is 9.90 Å². The molecule has 2 aliphatic rings. The van der Waals surface area contributed by atoms with Crippen LogP contribution in [0.3, 0.4) is 0 Å². The molecule has 3 heteroatoms. The Hall–Kier alpha value is -1.51. The van der Waals surface area contributed by atoms with Crippen molar-refractivity contribution in [1.29, 1.82) is 0 Å². The first-order valence-electron chi connectivity index (χ1n) is 6.33. The van der Waals surface area contributed by atoms with Gasteiger partial charge in [-0.25, -0.2) is 4.79 Å². The molecule has 3 nitrogen and oxygen atoms in total. The van der Waals surface area contributed by atoms with Gasteiger partial charge in [0.05, 0.1) is 12.1 Å². The Kier molecular flexibility index (Phi) is 2.35. The molecule has 1 saturated carbocycles. The first-order valence-corrected chi connectivity index (χ1v) is 6.33. The van der Waals surface area contributed by atoms with Crippen molar-refractivity contribution in [1.82, 2.24) is 4.90 Å². The predicted molar refractivity (Wildman–Crippen MR) is 64.8 cm³/mol. The molecule has 1 spiro atoms. The van der Waals surface area contributed by atoms with Crippen LogP contribution in [0.25, 0.3) is 0 Å². The van der Waals surface area contributed by atoms with Crippen LogP contribution in [0, 0.1) is 0 Å². The summed E-state index contributed by atoms with van der Waals surface area (Å²) in [6.07, 6.45) is 4.70. The lowest BCUT2D eigenvalue weighted by Gasteiger charge is -2.40. The summed E-state index contributed by atoms with van der Waals surface area (Å²) in [6.45, 7) is 0.561. The van der Waals surface area contributed by atoms with Crippen LogP contribution in [-0.2, 0) is 12.1 Å². The third-order valence-corrected chi connectivity index (χ3v) is 4.28. The molecular formula is C14H17NO2. The molecule has 1 N–H and O–H groups in total. The third-order valence-electron chi connectivity index (χ3n) is 4.28. The lowest BCUT2D eigenvalue weighted by molar-refractivity contribution is 0.0575. The van der Waals surface area contributed by atoms with Gasteiger partial charge in [-0.15, -0.1) is 0 Å². The van der Waals surface area contributed by atoms with Gasteiger partial charge in [-0.1, -0.05) is 43.5 Å². The average molecular weight is 231 g/mol. The summed E-state index contributed by atoms with van der Waals surface area (Å²) >= 11 is 0. The van der Waals surface area contributed by atoms with Crippen molar-refractivity contribution in [2.45, 2.75) is 44.2 Å². The third kappa shape index (κ3) is 1.45. The first-order chi connectivity index (χ1) is 8.24. The van der Waals surface area contributed by atoms with Gasteiger partial charge in [-0.05, 0) is 24.0 Å². The van der Waals surface area contributed by atoms with Crippen LogP contribution in [0.1, 0.15) is 43.2 Å². The van der Waals surface area contributed by atoms with Crippen molar-refractivity contribution >= 4 is 6.09 Å². The van der Waals surface area contributed by atoms with Crippen molar-refractivity contribution < 1.29 is 9.90 Å². The van der Waals surface area contributed by atoms with Crippen molar-refractivity contribution in [3.63, 3.8) is 0 Å². The summed E-state index contributed by atoms with van der Waals surface area (Å²) in [5.41, 5.74) is 2.22. The minimum absolute atomic E-state index is 0.222. The monoisotopic (exact) mass is 231 g/mol. The molecule has 0 bridgehead atoms. The van der Waals surface area contributed by atoms with Gasteiger partial charge in [0.15, 0.2) is 0 Å². The normalized spacial score (nSPS) is 21.5. The molecule has 0 radical (unpaired) electrons. The highest BCUT2D eigenvalue weighted by Crippen LogP contribution is 2.48. The summed E-state index contributed by atoms with van der Waals surface area (Å²) in [5, 5.41) is 9.43. The van der Waals surface area contributed by atoms with E-state index in [0.29, 0.717) is 6.54 Å². The summed E-state index contributed by atoms with van der Waals surface area (Å²) in [6, 6.07) is 8.21. The number of hydrogen-bond donors (Lipinski definition) is 1. The van der Waals surface area contributed by atoms with Crippen molar-refractivity contribution in [2.24, 2.45) is 0 Å². The van der Waals surface area contributed by atoms with Crippen LogP contribution in [0.15, 0.2) is 24.3 Å². The molecule has 3 rings (SSSR count). The van der Waals surface area contributed by atoms with Gasteiger partial charge in [0.25, 0.3) is 0 Å². The number of benzene rings is 1. The van der Waals surface area contributed by atoms with Crippen molar-refractivity contribution in [2.75, 3.05) is 0 Å². The van der Waals surface area contributed by atoms with E-state index in [1.165, 1.54) is 17.5 Å². The zero-order chi connectivity index (χ0) is 11.9. The Morgan fingerprint density at radius 1 is 1.18 bits per heavy atom. The highest BCUT2D eigenvalue weighted by Gasteiger charge is 2.47. The summed E-state index contributed by atoms with van der Waals surface area (Å²) < 4.78 is 0. The molecule has 1 aliphatic carbocycles. The minimum atomic E-state index is -0.775. The largest absolute Gasteiger partial charge is 0.465 e. The zero-order valence-corrected chi connectivity index (χ0v) is 9.85. The van der Waals surface area contributed by atoms with Gasteiger partial charge in [0.1, 0.15) is 0 Å². The molecule has 0 unspecified atom stereocenters. The fourth-order valence-corrected chi connectivity index (χ4v) is 3.51. The van der Waals surface area contributed by atoms with E-state index < -0.39 is 6.09 Å². The molecule has 1 aromatic rings. The zero-order valence-electron chi connectivity index (χ0n) is 9.85. The number of fused-ring (bicyclic) bond motifs is 2. The van der Waals surface area contributed by atoms with Crippen LogP contribution in [0.5, 0.6) is 0 Å². The minimum Gasteiger partial charge on any atom is -0.465 e. The van der Waals surface area contributed by atoms with Gasteiger partial charge in [0, 0.05) is 0 Å². The van der Waals surface area contributed by atoms with E-state index in [1.807, 2.05) is 12.1 Å². The fraction of sp³-hybridized carbons (Fsp3) is 0.500. The van der Waals surface area contributed by atoms with E-state index in [2.05, 4.69) is 12.1 Å². The maximum Gasteiger partial charge on any atom is 0.408 e. The second kappa shape index (κ2) is 3.76. The Morgan fingerprint density at radius 2 is 1.88 bits per heavy atom. The maximum atomic E-state index is 11.5. The first kappa shape index (κ1) is 10.6. The van der Waals surface area contributed by atoms with Gasteiger partial charge in [-0.3, -0.25) is 4.90 Å². The number of hydrogen-bond acceptors (Lipinski definition) is 1. The number of nitrogens with zero attached hydrogens (tertiary/aromatic N) is 1. The summed E-state index contributed by atoms with van der Waals surface area (Å²) in [5.74, 6) is 0. The summed E-state index contributed by atoms with van der Waals surface area (Å²) in [7, 11) is 0. The van der Waals surface area contributed by atoms with Gasteiger partial charge < -0.3 is 5.11 Å². The summed E-state index contributed by atoms with van der Waals surface area (Å²) in [4.78, 5) is 13.1. The number of carboxylic acid groups (broad SMARTS) is 1. The van der Waals surface area contributed by atoms with Crippen LogP contribution in [0.2, 0.25) is 0 Å². The second-order valence-corrected chi connectivity index (χ2v) is 5.12. The van der Waals surface area contributed by atoms with E-state index in [-0.39, 0.29) is 5.54 Å². The lowest BCUT2D eigenvalue weighted by Crippen LogP contribution is -2.45. The van der Waals surface area contributed by atoms with Gasteiger partial charge >= 0.3 is 6.09 Å². The van der Waals surface area contributed by atoms with Gasteiger partial charge in [0.2, 0.25) is 0 Å². The van der Waals surface area contributed by atoms with E-state index in [1.54, 1.807) is 4.90 Å². The predicted octanol–water partition coefficient (Wildman–Crippen LogP) is 3.34. The van der Waals surface area contributed by atoms with Crippen molar-refractivity contribution in [3.05, 3.63) is 35.4 Å². The Morgan fingerprint density at radius 3 is 2.59 bits per heavy atom. The Bertz CT molecular complexity index is 449. The van der Waals surface area contributed by atoms with E-state index >= 15 is 0 Å². The van der Waals surface area contributed by atoms with Crippen LogP contribution < -0.4 is 0 Å². The van der Waals surface area contributed by atoms with E-state index in [0.717, 1.165) is 25.7 Å². The number of amides is 1. The van der Waals surface area contributed by atoms with E-state index in [4.69, 9.17) is 0 Å². The molecular weight excluding hydrogens is 214 g/mol. The highest BCUT2D eigenvalue weighted by atomic mass is 16.4. The van der Waals surface area contributed by atoms with Crippen LogP contribution in [0.4, 0.5) is 4.79 Å². The SMILES string of the molecule is O=C(O)N1Cc2ccccc2C12CCCCC2. The second-order valence-electron chi connectivity index (χ2n) is 5.12. The molecule has 90 valence electrons. The molecule has 1 amide bonds. The maximum absolute atomic E-state index is 11.5. The highest BCUT2D eigenvalue weighted by molar-refractivity contribution is 5.68. The molecule has 0 atom stereocenters. The quantitative estimate of drug-likeness (QED) is 0.744. The lowest BCUT2D eigenvalue weighted by atomic mass is 9.77. The van der Waals surface area contributed by atoms with Crippen LogP contribution >= 0.6 is 0 Å². The molecule has 1 fully saturated rings.